The van der Waals surface area contributed by atoms with Gasteiger partial charge in [0.1, 0.15) is 5.75 Å². The number of benzene rings is 1. The van der Waals surface area contributed by atoms with E-state index in [1.54, 1.807) is 22.8 Å². The Hall–Kier alpha value is -2.08. The van der Waals surface area contributed by atoms with Crippen molar-refractivity contribution < 1.29 is 14.3 Å². The maximum Gasteiger partial charge on any atom is 0.260 e. The minimum absolute atomic E-state index is 0.00803. The standard InChI is InChI=1S/C15H21N3O3/c1-12(19)17-5-7-18(8-6-17)15(20)11-21-14-4-2-3-13(9-14)10-16/h2-4,9H,5-8,10-11,16H2,1H3. The number of ether oxygens (including phenoxy) is 1. The van der Waals surface area contributed by atoms with Gasteiger partial charge in [-0.15, -0.1) is 0 Å². The fourth-order valence-corrected chi connectivity index (χ4v) is 2.27. The smallest absolute Gasteiger partial charge is 0.260 e. The molecule has 0 spiro atoms. The highest BCUT2D eigenvalue weighted by Crippen LogP contribution is 2.13. The van der Waals surface area contributed by atoms with E-state index in [0.717, 1.165) is 5.56 Å². The molecule has 2 amide bonds. The summed E-state index contributed by atoms with van der Waals surface area (Å²) in [5.74, 6) is 0.641. The van der Waals surface area contributed by atoms with Gasteiger partial charge in [-0.25, -0.2) is 0 Å². The van der Waals surface area contributed by atoms with E-state index in [4.69, 9.17) is 10.5 Å². The van der Waals surface area contributed by atoms with E-state index in [9.17, 15) is 9.59 Å². The summed E-state index contributed by atoms with van der Waals surface area (Å²) in [6, 6.07) is 7.41. The first kappa shape index (κ1) is 15.3. The topological polar surface area (TPSA) is 75.9 Å². The van der Waals surface area contributed by atoms with Crippen LogP contribution in [0.15, 0.2) is 24.3 Å². The zero-order valence-electron chi connectivity index (χ0n) is 12.2. The molecule has 21 heavy (non-hydrogen) atoms. The lowest BCUT2D eigenvalue weighted by atomic mass is 10.2. The average molecular weight is 291 g/mol. The molecule has 0 saturated carbocycles. The summed E-state index contributed by atoms with van der Waals surface area (Å²) in [5, 5.41) is 0. The molecule has 0 aromatic heterocycles. The first-order valence-electron chi connectivity index (χ1n) is 7.05. The third kappa shape index (κ3) is 4.19. The molecule has 0 bridgehead atoms. The van der Waals surface area contributed by atoms with E-state index in [1.807, 2.05) is 18.2 Å². The second-order valence-corrected chi connectivity index (χ2v) is 5.03. The summed E-state index contributed by atoms with van der Waals surface area (Å²) in [7, 11) is 0. The Balaban J connectivity index is 1.81. The molecule has 6 heteroatoms. The Kier molecular flexibility index (Phi) is 5.16. The number of amides is 2. The van der Waals surface area contributed by atoms with Crippen LogP contribution in [0, 0.1) is 0 Å². The predicted molar refractivity (Wildman–Crippen MR) is 78.7 cm³/mol. The van der Waals surface area contributed by atoms with Crippen LogP contribution in [0.4, 0.5) is 0 Å². The van der Waals surface area contributed by atoms with Gasteiger partial charge in [0.15, 0.2) is 6.61 Å². The highest BCUT2D eigenvalue weighted by atomic mass is 16.5. The number of hydrogen-bond acceptors (Lipinski definition) is 4. The molecule has 114 valence electrons. The Morgan fingerprint density at radius 3 is 2.48 bits per heavy atom. The first-order valence-corrected chi connectivity index (χ1v) is 7.05. The average Bonchev–Trinajstić information content (AvgIpc) is 2.53. The molecule has 1 aliphatic heterocycles. The van der Waals surface area contributed by atoms with Crippen LogP contribution >= 0.6 is 0 Å². The van der Waals surface area contributed by atoms with Crippen molar-refractivity contribution in [1.29, 1.82) is 0 Å². The zero-order chi connectivity index (χ0) is 15.2. The molecule has 1 saturated heterocycles. The van der Waals surface area contributed by atoms with Crippen LogP contribution in [-0.4, -0.2) is 54.4 Å². The molecule has 0 unspecified atom stereocenters. The lowest BCUT2D eigenvalue weighted by molar-refractivity contribution is -0.139. The van der Waals surface area contributed by atoms with E-state index in [0.29, 0.717) is 38.5 Å². The molecule has 0 radical (unpaired) electrons. The van der Waals surface area contributed by atoms with Crippen molar-refractivity contribution >= 4 is 11.8 Å². The maximum absolute atomic E-state index is 12.1. The Labute approximate surface area is 124 Å². The van der Waals surface area contributed by atoms with Gasteiger partial charge in [0.05, 0.1) is 0 Å². The molecule has 1 fully saturated rings. The molecule has 6 nitrogen and oxygen atoms in total. The van der Waals surface area contributed by atoms with Gasteiger partial charge >= 0.3 is 0 Å². The van der Waals surface area contributed by atoms with E-state index >= 15 is 0 Å². The molecular weight excluding hydrogens is 270 g/mol. The number of nitrogens with two attached hydrogens (primary N) is 1. The van der Waals surface area contributed by atoms with Crippen molar-refractivity contribution in [3.8, 4) is 5.75 Å². The maximum atomic E-state index is 12.1. The second kappa shape index (κ2) is 7.08. The number of carbonyl (C=O) groups excluding carboxylic acids is 2. The van der Waals surface area contributed by atoms with Gasteiger partial charge in [-0.1, -0.05) is 12.1 Å². The number of carbonyl (C=O) groups is 2. The van der Waals surface area contributed by atoms with Gasteiger partial charge in [0.2, 0.25) is 5.91 Å². The Bertz CT molecular complexity index is 511. The highest BCUT2D eigenvalue weighted by Gasteiger charge is 2.22. The number of nitrogens with zero attached hydrogens (tertiary/aromatic N) is 2. The summed E-state index contributed by atoms with van der Waals surface area (Å²) >= 11 is 0. The number of piperazine rings is 1. The van der Waals surface area contributed by atoms with E-state index in [-0.39, 0.29) is 18.4 Å². The summed E-state index contributed by atoms with van der Waals surface area (Å²) in [6.45, 7) is 4.29. The molecule has 0 aliphatic carbocycles. The summed E-state index contributed by atoms with van der Waals surface area (Å²) in [6.07, 6.45) is 0. The summed E-state index contributed by atoms with van der Waals surface area (Å²) in [4.78, 5) is 26.8. The third-order valence-corrected chi connectivity index (χ3v) is 3.57. The third-order valence-electron chi connectivity index (χ3n) is 3.57. The van der Waals surface area contributed by atoms with Crippen LogP contribution < -0.4 is 10.5 Å². The fraction of sp³-hybridized carbons (Fsp3) is 0.467. The van der Waals surface area contributed by atoms with E-state index in [2.05, 4.69) is 0 Å². The monoisotopic (exact) mass is 291 g/mol. The van der Waals surface area contributed by atoms with Crippen LogP contribution in [-0.2, 0) is 16.1 Å². The normalized spacial score (nSPS) is 15.0. The largest absolute Gasteiger partial charge is 0.484 e. The Morgan fingerprint density at radius 1 is 1.19 bits per heavy atom. The lowest BCUT2D eigenvalue weighted by Gasteiger charge is -2.34. The van der Waals surface area contributed by atoms with Gasteiger partial charge < -0.3 is 20.3 Å². The molecule has 2 rings (SSSR count). The lowest BCUT2D eigenvalue weighted by Crippen LogP contribution is -2.51. The van der Waals surface area contributed by atoms with Crippen LogP contribution in [0.2, 0.25) is 0 Å². The summed E-state index contributed by atoms with van der Waals surface area (Å²) in [5.41, 5.74) is 6.53. The van der Waals surface area contributed by atoms with Crippen molar-refractivity contribution in [2.24, 2.45) is 5.73 Å². The van der Waals surface area contributed by atoms with E-state index in [1.165, 1.54) is 0 Å². The van der Waals surface area contributed by atoms with Crippen molar-refractivity contribution in [2.75, 3.05) is 32.8 Å². The van der Waals surface area contributed by atoms with Gasteiger partial charge in [0.25, 0.3) is 5.91 Å². The van der Waals surface area contributed by atoms with E-state index < -0.39 is 0 Å². The molecule has 1 aliphatic rings. The molecule has 2 N–H and O–H groups in total. The first-order chi connectivity index (χ1) is 10.1. The molecule has 1 aromatic carbocycles. The van der Waals surface area contributed by atoms with Crippen LogP contribution in [0.1, 0.15) is 12.5 Å². The van der Waals surface area contributed by atoms with Gasteiger partial charge in [0, 0.05) is 39.6 Å². The number of rotatable bonds is 4. The second-order valence-electron chi connectivity index (χ2n) is 5.03. The molecule has 1 heterocycles. The van der Waals surface area contributed by atoms with Crippen molar-refractivity contribution in [2.45, 2.75) is 13.5 Å². The van der Waals surface area contributed by atoms with Crippen molar-refractivity contribution in [3.05, 3.63) is 29.8 Å². The van der Waals surface area contributed by atoms with Crippen molar-refractivity contribution in [3.63, 3.8) is 0 Å². The highest BCUT2D eigenvalue weighted by molar-refractivity contribution is 5.78. The van der Waals surface area contributed by atoms with Crippen molar-refractivity contribution in [1.82, 2.24) is 9.80 Å². The van der Waals surface area contributed by atoms with Crippen LogP contribution in [0.25, 0.3) is 0 Å². The predicted octanol–water partition coefficient (Wildman–Crippen LogP) is 0.215. The molecule has 1 aromatic rings. The zero-order valence-corrected chi connectivity index (χ0v) is 12.2. The summed E-state index contributed by atoms with van der Waals surface area (Å²) < 4.78 is 5.51. The quantitative estimate of drug-likeness (QED) is 0.860. The minimum atomic E-state index is -0.0589. The van der Waals surface area contributed by atoms with Crippen LogP contribution in [0.3, 0.4) is 0 Å². The minimum Gasteiger partial charge on any atom is -0.484 e. The SMILES string of the molecule is CC(=O)N1CCN(C(=O)COc2cccc(CN)c2)CC1. The molecule has 0 atom stereocenters. The number of hydrogen-bond donors (Lipinski definition) is 1. The fourth-order valence-electron chi connectivity index (χ4n) is 2.27. The molecular formula is C15H21N3O3. The van der Waals surface area contributed by atoms with Gasteiger partial charge in [-0.05, 0) is 17.7 Å². The van der Waals surface area contributed by atoms with Crippen LogP contribution in [0.5, 0.6) is 5.75 Å². The Morgan fingerprint density at radius 2 is 1.86 bits per heavy atom. The van der Waals surface area contributed by atoms with Gasteiger partial charge in [-0.3, -0.25) is 9.59 Å². The van der Waals surface area contributed by atoms with Gasteiger partial charge in [-0.2, -0.15) is 0 Å².